The molecule has 3 fully saturated rings. The maximum Gasteiger partial charge on any atom is 0.342 e. The van der Waals surface area contributed by atoms with Crippen molar-refractivity contribution in [1.29, 1.82) is 0 Å². The van der Waals surface area contributed by atoms with Gasteiger partial charge in [-0.05, 0) is 67.6 Å². The molecular formula is C52H67F3N10O9. The van der Waals surface area contributed by atoms with Gasteiger partial charge in [-0.3, -0.25) is 39.0 Å². The lowest BCUT2D eigenvalue weighted by atomic mass is 9.76. The van der Waals surface area contributed by atoms with Crippen LogP contribution in [0, 0.1) is 16.6 Å². The van der Waals surface area contributed by atoms with Gasteiger partial charge in [0.1, 0.15) is 23.3 Å². The number of carbonyl (C=O) groups is 6. The lowest BCUT2D eigenvalue weighted by Crippen LogP contribution is -2.54. The van der Waals surface area contributed by atoms with Crippen LogP contribution in [0.25, 0.3) is 0 Å². The van der Waals surface area contributed by atoms with Crippen LogP contribution in [0.2, 0.25) is 0 Å². The molecule has 2 aromatic carbocycles. The van der Waals surface area contributed by atoms with Gasteiger partial charge in [0.05, 0.1) is 68.7 Å². The number of amides is 6. The molecule has 1 atom stereocenters. The SMILES string of the molecule is COc1cc(C(=O)NC2CCN(CCOCC(C)(C)CC(C)(C)COCCNc3cccc4c3C(=O)N(C3CCC(=O)NC3=O)C4=O)CC2)c(F)cc1Nc1ncc2c(n1)N(C1CCCC1)CC(F)(F)C(=O)N2C. The molecule has 1 saturated carbocycles. The molecule has 1 aromatic heterocycles. The molecule has 0 spiro atoms. The number of rotatable bonds is 20. The number of fused-ring (bicyclic) bond motifs is 2. The summed E-state index contributed by atoms with van der Waals surface area (Å²) in [6.45, 7) is 12.2. The Hall–Kier alpha value is -6.39. The Labute approximate surface area is 428 Å². The van der Waals surface area contributed by atoms with Gasteiger partial charge in [-0.25, -0.2) is 9.37 Å². The minimum absolute atomic E-state index is 0.0260. The van der Waals surface area contributed by atoms with E-state index in [1.807, 2.05) is 0 Å². The van der Waals surface area contributed by atoms with Gasteiger partial charge in [-0.15, -0.1) is 0 Å². The van der Waals surface area contributed by atoms with E-state index in [-0.39, 0.29) is 81.3 Å². The average molecular weight is 1030 g/mol. The number of methoxy groups -OCH3 is 1. The second-order valence-electron chi connectivity index (χ2n) is 21.5. The number of anilines is 5. The predicted octanol–water partition coefficient (Wildman–Crippen LogP) is 5.91. The van der Waals surface area contributed by atoms with Gasteiger partial charge < -0.3 is 44.9 Å². The summed E-state index contributed by atoms with van der Waals surface area (Å²) in [7, 11) is 2.64. The topological polar surface area (TPSA) is 217 Å². The second-order valence-corrected chi connectivity index (χ2v) is 21.5. The number of piperidine rings is 2. The van der Waals surface area contributed by atoms with Gasteiger partial charge in [0, 0.05) is 63.5 Å². The summed E-state index contributed by atoms with van der Waals surface area (Å²) < 4.78 is 63.7. The largest absolute Gasteiger partial charge is 0.495 e. The zero-order valence-corrected chi connectivity index (χ0v) is 42.9. The molecule has 400 valence electrons. The molecule has 5 aliphatic rings. The molecule has 4 N–H and O–H groups in total. The van der Waals surface area contributed by atoms with Crippen LogP contribution >= 0.6 is 0 Å². The van der Waals surface area contributed by atoms with E-state index < -0.39 is 59.8 Å². The highest BCUT2D eigenvalue weighted by molar-refractivity contribution is 6.25. The maximum absolute atomic E-state index is 15.7. The summed E-state index contributed by atoms with van der Waals surface area (Å²) in [5.41, 5.74) is 0.583. The number of hydrogen-bond acceptors (Lipinski definition) is 15. The van der Waals surface area contributed by atoms with Crippen molar-refractivity contribution in [3.63, 3.8) is 0 Å². The standard InChI is InChI=1S/C52H67F3N10O9/c1-50(2,29-73-22-18-56-36-13-9-12-33-42(36)47(70)65(46(33)69)38-14-15-41(66)60-45(38)68)27-51(3,4)30-74-23-21-63-19-16-31(17-20-63)58-44(67)34-24-40(72-6)37(25-35(34)53)59-49-57-26-39-43(61-49)64(32-10-7-8-11-32)28-52(54,55)48(71)62(39)5/h9,12-13,24-26,31-32,38,56H,7-8,10-11,14-23,27-30H2,1-6H3,(H,58,67)(H,57,59,61)(H,60,66,68). The first-order valence-electron chi connectivity index (χ1n) is 25.4. The highest BCUT2D eigenvalue weighted by Crippen LogP contribution is 2.41. The molecular weight excluding hydrogens is 966 g/mol. The normalized spacial score (nSPS) is 19.9. The number of aromatic nitrogens is 2. The summed E-state index contributed by atoms with van der Waals surface area (Å²) in [5, 5.41) is 11.3. The molecule has 8 rings (SSSR count). The van der Waals surface area contributed by atoms with Crippen molar-refractivity contribution in [2.75, 3.05) is 93.7 Å². The molecule has 22 heteroatoms. The number of alkyl halides is 2. The molecule has 2 saturated heterocycles. The van der Waals surface area contributed by atoms with E-state index in [4.69, 9.17) is 14.2 Å². The Morgan fingerprint density at radius 2 is 1.62 bits per heavy atom. The van der Waals surface area contributed by atoms with Crippen molar-refractivity contribution in [2.24, 2.45) is 10.8 Å². The first-order chi connectivity index (χ1) is 35.1. The Morgan fingerprint density at radius 1 is 0.919 bits per heavy atom. The summed E-state index contributed by atoms with van der Waals surface area (Å²) >= 11 is 0. The summed E-state index contributed by atoms with van der Waals surface area (Å²) in [4.78, 5) is 91.3. The summed E-state index contributed by atoms with van der Waals surface area (Å²) in [6, 6.07) is 5.89. The Kier molecular flexibility index (Phi) is 16.2. The van der Waals surface area contributed by atoms with E-state index in [9.17, 15) is 28.8 Å². The second kappa shape index (κ2) is 22.2. The lowest BCUT2D eigenvalue weighted by molar-refractivity contribution is -0.140. The van der Waals surface area contributed by atoms with Gasteiger partial charge in [0.25, 0.3) is 23.6 Å². The number of hydrogen-bond donors (Lipinski definition) is 4. The van der Waals surface area contributed by atoms with Crippen LogP contribution in [0.4, 0.5) is 42.0 Å². The van der Waals surface area contributed by atoms with Crippen molar-refractivity contribution in [2.45, 2.75) is 110 Å². The van der Waals surface area contributed by atoms with E-state index in [2.05, 4.69) is 63.8 Å². The Bertz CT molecular complexity index is 2640. The van der Waals surface area contributed by atoms with Crippen molar-refractivity contribution in [1.82, 2.24) is 30.4 Å². The molecule has 0 bridgehead atoms. The number of imide groups is 2. The highest BCUT2D eigenvalue weighted by Gasteiger charge is 2.49. The Morgan fingerprint density at radius 3 is 2.31 bits per heavy atom. The third-order valence-electron chi connectivity index (χ3n) is 14.4. The molecule has 6 amide bonds. The zero-order valence-electron chi connectivity index (χ0n) is 42.9. The smallest absolute Gasteiger partial charge is 0.342 e. The molecule has 19 nitrogen and oxygen atoms in total. The predicted molar refractivity (Wildman–Crippen MR) is 269 cm³/mol. The number of ether oxygens (including phenoxy) is 3. The number of nitrogens with zero attached hydrogens (tertiary/aromatic N) is 6. The fourth-order valence-corrected chi connectivity index (χ4v) is 11.0. The van der Waals surface area contributed by atoms with Gasteiger partial charge in [-0.2, -0.15) is 13.8 Å². The van der Waals surface area contributed by atoms with Gasteiger partial charge in [0.2, 0.25) is 17.8 Å². The first kappa shape index (κ1) is 53.9. The molecule has 1 unspecified atom stereocenters. The fraction of sp³-hybridized carbons (Fsp3) is 0.577. The fourth-order valence-electron chi connectivity index (χ4n) is 11.0. The van der Waals surface area contributed by atoms with Crippen molar-refractivity contribution < 1.29 is 56.1 Å². The number of nitrogens with one attached hydrogen (secondary N) is 4. The minimum Gasteiger partial charge on any atom is -0.495 e. The zero-order chi connectivity index (χ0) is 53.1. The third kappa shape index (κ3) is 12.1. The van der Waals surface area contributed by atoms with Crippen molar-refractivity contribution in [3.05, 3.63) is 59.0 Å². The van der Waals surface area contributed by atoms with E-state index >= 15 is 13.2 Å². The molecule has 1 aliphatic carbocycles. The van der Waals surface area contributed by atoms with Crippen LogP contribution in [-0.2, 0) is 23.9 Å². The minimum atomic E-state index is -3.64. The molecule has 4 aliphatic heterocycles. The molecule has 5 heterocycles. The molecule has 0 radical (unpaired) electrons. The number of halogens is 3. The van der Waals surface area contributed by atoms with Crippen LogP contribution < -0.4 is 35.8 Å². The Balaban J connectivity index is 0.746. The van der Waals surface area contributed by atoms with Gasteiger partial charge in [0.15, 0.2) is 5.82 Å². The van der Waals surface area contributed by atoms with Crippen molar-refractivity contribution in [3.8, 4) is 5.75 Å². The van der Waals surface area contributed by atoms with E-state index in [1.165, 1.54) is 31.3 Å². The van der Waals surface area contributed by atoms with Crippen molar-refractivity contribution >= 4 is 64.3 Å². The van der Waals surface area contributed by atoms with Crippen LogP contribution in [0.3, 0.4) is 0 Å². The monoisotopic (exact) mass is 1030 g/mol. The lowest BCUT2D eigenvalue weighted by Gasteiger charge is -2.35. The highest BCUT2D eigenvalue weighted by atomic mass is 19.3. The number of benzene rings is 2. The maximum atomic E-state index is 15.7. The van der Waals surface area contributed by atoms with Crippen LogP contribution in [0.15, 0.2) is 36.5 Å². The van der Waals surface area contributed by atoms with Crippen LogP contribution in [0.5, 0.6) is 5.75 Å². The van der Waals surface area contributed by atoms with E-state index in [0.717, 1.165) is 35.1 Å². The van der Waals surface area contributed by atoms with Crippen LogP contribution in [-0.4, -0.2) is 153 Å². The third-order valence-corrected chi connectivity index (χ3v) is 14.4. The summed E-state index contributed by atoms with van der Waals surface area (Å²) in [6.07, 6.45) is 6.66. The average Bonchev–Trinajstić information content (AvgIpc) is 3.96. The summed E-state index contributed by atoms with van der Waals surface area (Å²) in [5.74, 6) is -8.32. The van der Waals surface area contributed by atoms with Gasteiger partial charge in [-0.1, -0.05) is 46.6 Å². The molecule has 74 heavy (non-hydrogen) atoms. The number of likely N-dealkylation sites (tertiary alicyclic amines) is 1. The molecule has 3 aromatic rings. The first-order valence-corrected chi connectivity index (χ1v) is 25.4. The van der Waals surface area contributed by atoms with Gasteiger partial charge >= 0.3 is 5.92 Å². The van der Waals surface area contributed by atoms with E-state index in [0.29, 0.717) is 84.0 Å². The quantitative estimate of drug-likeness (QED) is 0.0764. The van der Waals surface area contributed by atoms with E-state index in [1.54, 1.807) is 18.2 Å². The van der Waals surface area contributed by atoms with Crippen LogP contribution in [0.1, 0.15) is 117 Å². The number of carbonyl (C=O) groups excluding carboxylic acids is 6.